The van der Waals surface area contributed by atoms with Crippen LogP contribution in [0.4, 0.5) is 0 Å². The first kappa shape index (κ1) is 2.42. The molecular formula is C9H9N. The molecule has 1 heteroatoms. The molecule has 1 aromatic carbocycles. The number of hydrogen-bond acceptors (Lipinski definition) is 0. The highest BCUT2D eigenvalue weighted by Gasteiger charge is 1.92. The first-order valence-corrected chi connectivity index (χ1v) is 3.00. The Balaban J connectivity index is 2.90. The molecule has 0 aliphatic carbocycles. The first-order valence-electron chi connectivity index (χ1n) is 5.50. The number of aromatic nitrogens is 1. The summed E-state index contributed by atoms with van der Waals surface area (Å²) in [5, 5.41) is 0.499. The van der Waals surface area contributed by atoms with Crippen LogP contribution in [-0.4, -0.2) is 4.57 Å². The average Bonchev–Trinajstić information content (AvgIpc) is 2.39. The maximum atomic E-state index is 7.63. The van der Waals surface area contributed by atoms with Gasteiger partial charge in [0.2, 0.25) is 0 Å². The molecule has 10 heavy (non-hydrogen) atoms. The molecule has 0 unspecified atom stereocenters. The Kier molecular flexibility index (Phi) is 0.453. The highest BCUT2D eigenvalue weighted by molar-refractivity contribution is 5.79. The van der Waals surface area contributed by atoms with Gasteiger partial charge in [-0.15, -0.1) is 0 Å². The number of fused-ring (bicyclic) bond motifs is 1. The average molecular weight is 136 g/mol. The molecule has 1 nitrogen and oxygen atoms in total. The molecule has 0 aliphatic heterocycles. The van der Waals surface area contributed by atoms with E-state index in [1.165, 1.54) is 0 Å². The van der Waals surface area contributed by atoms with Crippen LogP contribution in [0.25, 0.3) is 10.9 Å². The van der Waals surface area contributed by atoms with Gasteiger partial charge in [-0.3, -0.25) is 0 Å². The van der Waals surface area contributed by atoms with Gasteiger partial charge in [0.15, 0.2) is 0 Å². The van der Waals surface area contributed by atoms with Crippen molar-refractivity contribution in [1.82, 2.24) is 4.57 Å². The number of benzene rings is 1. The summed E-state index contributed by atoms with van der Waals surface area (Å²) in [6, 6.07) is 6.64. The minimum atomic E-state index is -2.41. The maximum absolute atomic E-state index is 7.63. The molecule has 50 valence electrons. The molecule has 0 radical (unpaired) electrons. The van der Waals surface area contributed by atoms with Crippen molar-refractivity contribution in [3.63, 3.8) is 0 Å². The Labute approximate surface area is 66.9 Å². The summed E-state index contributed by atoms with van der Waals surface area (Å²) in [6.07, 6.45) is -0.267. The van der Waals surface area contributed by atoms with Gasteiger partial charge in [0.1, 0.15) is 0 Å². The van der Waals surface area contributed by atoms with Gasteiger partial charge in [-0.2, -0.15) is 0 Å². The third-order valence-electron chi connectivity index (χ3n) is 1.45. The van der Waals surface area contributed by atoms with E-state index in [0.29, 0.717) is 10.9 Å². The SMILES string of the molecule is [2H]c1c([2H])n(C([2H])([2H])[2H])c2ccccc12. The fraction of sp³-hybridized carbons (Fsp3) is 0.111. The van der Waals surface area contributed by atoms with Crippen molar-refractivity contribution in [1.29, 1.82) is 0 Å². The van der Waals surface area contributed by atoms with Crippen LogP contribution >= 0.6 is 0 Å². The molecule has 2 rings (SSSR count). The summed E-state index contributed by atoms with van der Waals surface area (Å²) in [5.41, 5.74) is 0.410. The summed E-state index contributed by atoms with van der Waals surface area (Å²) in [6.45, 7) is -2.41. The third-order valence-corrected chi connectivity index (χ3v) is 1.45. The van der Waals surface area contributed by atoms with Crippen molar-refractivity contribution in [3.05, 3.63) is 36.5 Å². The molecule has 0 spiro atoms. The molecule has 0 fully saturated rings. The van der Waals surface area contributed by atoms with E-state index in [2.05, 4.69) is 0 Å². The molecule has 0 aliphatic rings. The van der Waals surface area contributed by atoms with Gasteiger partial charge in [0, 0.05) is 22.8 Å². The second-order valence-corrected chi connectivity index (χ2v) is 2.09. The molecule has 2 aromatic rings. The van der Waals surface area contributed by atoms with E-state index in [1.54, 1.807) is 24.3 Å². The van der Waals surface area contributed by atoms with Gasteiger partial charge < -0.3 is 4.57 Å². The Morgan fingerprint density at radius 2 is 2.40 bits per heavy atom. The van der Waals surface area contributed by atoms with Crippen LogP contribution in [0.3, 0.4) is 0 Å². The molecule has 0 saturated carbocycles. The predicted molar refractivity (Wildman–Crippen MR) is 42.9 cm³/mol. The maximum Gasteiger partial charge on any atom is 0.0818 e. The van der Waals surface area contributed by atoms with E-state index >= 15 is 0 Å². The molecule has 0 atom stereocenters. The summed E-state index contributed by atoms with van der Waals surface area (Å²) < 4.78 is 38.0. The Morgan fingerprint density at radius 3 is 3.30 bits per heavy atom. The van der Waals surface area contributed by atoms with Gasteiger partial charge >= 0.3 is 0 Å². The second kappa shape index (κ2) is 1.87. The largest absolute Gasteiger partial charge is 0.351 e. The Bertz CT molecular complexity index is 511. The normalized spacial score (nSPS) is 19.0. The minimum Gasteiger partial charge on any atom is -0.351 e. The second-order valence-electron chi connectivity index (χ2n) is 2.09. The standard InChI is InChI=1S/C9H9N/c1-10-7-6-8-4-2-3-5-9(8)10/h2-7H,1H3/i1D3,6D,7D. The van der Waals surface area contributed by atoms with E-state index in [9.17, 15) is 0 Å². The molecule has 0 bridgehead atoms. The minimum absolute atomic E-state index is 0.0401. The van der Waals surface area contributed by atoms with E-state index in [1.807, 2.05) is 0 Å². The van der Waals surface area contributed by atoms with Crippen LogP contribution in [0, 0.1) is 0 Å². The van der Waals surface area contributed by atoms with Gasteiger partial charge in [-0.1, -0.05) is 18.2 Å². The van der Waals surface area contributed by atoms with E-state index in [0.717, 1.165) is 4.57 Å². The molecule has 0 N–H and O–H groups in total. The van der Waals surface area contributed by atoms with Gasteiger partial charge in [-0.25, -0.2) is 0 Å². The van der Waals surface area contributed by atoms with Crippen molar-refractivity contribution < 1.29 is 6.85 Å². The monoisotopic (exact) mass is 136 g/mol. The number of para-hydroxylation sites is 1. The zero-order chi connectivity index (χ0) is 11.2. The van der Waals surface area contributed by atoms with E-state index in [4.69, 9.17) is 6.85 Å². The molecule has 0 saturated heterocycles. The molecule has 1 aromatic heterocycles. The molecule has 1 heterocycles. The van der Waals surface area contributed by atoms with Crippen LogP contribution in [0.2, 0.25) is 0 Å². The Morgan fingerprint density at radius 1 is 1.50 bits per heavy atom. The number of rotatable bonds is 0. The van der Waals surface area contributed by atoms with Crippen molar-refractivity contribution in [2.24, 2.45) is 6.98 Å². The lowest BCUT2D eigenvalue weighted by atomic mass is 10.2. The van der Waals surface area contributed by atoms with Gasteiger partial charge in [0.25, 0.3) is 0 Å². The summed E-state index contributed by atoms with van der Waals surface area (Å²) in [7, 11) is 0. The quantitative estimate of drug-likeness (QED) is 0.523. The van der Waals surface area contributed by atoms with E-state index < -0.39 is 6.98 Å². The van der Waals surface area contributed by atoms with Crippen molar-refractivity contribution in [2.75, 3.05) is 0 Å². The van der Waals surface area contributed by atoms with Crippen LogP contribution in [0.5, 0.6) is 0 Å². The van der Waals surface area contributed by atoms with Gasteiger partial charge in [0.05, 0.1) is 2.74 Å². The van der Waals surface area contributed by atoms with Crippen LogP contribution in [-0.2, 0) is 6.98 Å². The summed E-state index contributed by atoms with van der Waals surface area (Å²) in [5.74, 6) is 0. The van der Waals surface area contributed by atoms with Crippen LogP contribution in [0.15, 0.2) is 36.5 Å². The smallest absolute Gasteiger partial charge is 0.0818 e. The Hall–Kier alpha value is -1.24. The number of hydrogen-bond donors (Lipinski definition) is 0. The third kappa shape index (κ3) is 0.637. The van der Waals surface area contributed by atoms with Crippen LogP contribution in [0.1, 0.15) is 6.85 Å². The summed E-state index contributed by atoms with van der Waals surface area (Å²) in [4.78, 5) is 0. The van der Waals surface area contributed by atoms with Crippen molar-refractivity contribution in [3.8, 4) is 0 Å². The predicted octanol–water partition coefficient (Wildman–Crippen LogP) is 2.18. The highest BCUT2D eigenvalue weighted by atomic mass is 14.9. The van der Waals surface area contributed by atoms with Crippen molar-refractivity contribution >= 4 is 10.9 Å². The fourth-order valence-electron chi connectivity index (χ4n) is 0.951. The lowest BCUT2D eigenvalue weighted by molar-refractivity contribution is 0.969. The zero-order valence-electron chi connectivity index (χ0n) is 10.3. The van der Waals surface area contributed by atoms with Crippen LogP contribution < -0.4 is 0 Å². The molecular weight excluding hydrogens is 122 g/mol. The first-order chi connectivity index (χ1) is 6.93. The van der Waals surface area contributed by atoms with E-state index in [-0.39, 0.29) is 12.2 Å². The summed E-state index contributed by atoms with van der Waals surface area (Å²) >= 11 is 0. The fourth-order valence-corrected chi connectivity index (χ4v) is 0.951. The highest BCUT2D eigenvalue weighted by Crippen LogP contribution is 2.12. The number of nitrogens with zero attached hydrogens (tertiary/aromatic N) is 1. The lowest BCUT2D eigenvalue weighted by Crippen LogP contribution is -1.81. The lowest BCUT2D eigenvalue weighted by Gasteiger charge is -1.92. The molecule has 0 amide bonds. The zero-order valence-corrected chi connectivity index (χ0v) is 5.26. The number of aryl methyl sites for hydroxylation is 1. The van der Waals surface area contributed by atoms with Crippen molar-refractivity contribution in [2.45, 2.75) is 0 Å². The topological polar surface area (TPSA) is 4.93 Å². The van der Waals surface area contributed by atoms with Gasteiger partial charge in [-0.05, 0) is 17.5 Å².